The van der Waals surface area contributed by atoms with E-state index in [1.54, 1.807) is 17.8 Å². The molecule has 1 aromatic heterocycles. The summed E-state index contributed by atoms with van der Waals surface area (Å²) in [7, 11) is 1.72. The van der Waals surface area contributed by atoms with Crippen molar-refractivity contribution in [3.05, 3.63) is 23.8 Å². The number of carbonyl (C=O) groups excluding carboxylic acids is 1. The predicted octanol–water partition coefficient (Wildman–Crippen LogP) is 0.714. The Hall–Kier alpha value is -1.80. The first-order chi connectivity index (χ1) is 8.93. The number of aryl methyl sites for hydroxylation is 1. The van der Waals surface area contributed by atoms with Gasteiger partial charge >= 0.3 is 0 Å². The molecule has 0 aliphatic heterocycles. The number of nitrogens with one attached hydrogen (secondary N) is 1. The zero-order valence-electron chi connectivity index (χ0n) is 10.6. The van der Waals surface area contributed by atoms with E-state index in [1.807, 2.05) is 0 Å². The molecule has 0 radical (unpaired) electrons. The molecule has 3 N–H and O–H groups in total. The number of fused-ring (bicyclic) bond motifs is 1. The molecule has 110 valence electrons. The molecule has 0 fully saturated rings. The van der Waals surface area contributed by atoms with Crippen LogP contribution in [0, 0.1) is 0 Å². The highest BCUT2D eigenvalue weighted by molar-refractivity contribution is 5.97. The van der Waals surface area contributed by atoms with Gasteiger partial charge in [-0.15, -0.1) is 17.5 Å². The maximum Gasteiger partial charge on any atom is 0.277 e. The summed E-state index contributed by atoms with van der Waals surface area (Å²) in [5.41, 5.74) is 6.42. The average Bonchev–Trinajstić information content (AvgIpc) is 2.77. The summed E-state index contributed by atoms with van der Waals surface area (Å²) in [6, 6.07) is 4.69. The highest BCUT2D eigenvalue weighted by Gasteiger charge is 2.27. The highest BCUT2D eigenvalue weighted by Crippen LogP contribution is 2.13. The molecule has 0 saturated heterocycles. The van der Waals surface area contributed by atoms with Crippen LogP contribution in [0.1, 0.15) is 10.4 Å². The number of carbonyl (C=O) groups is 1. The molecule has 0 aliphatic rings. The Morgan fingerprint density at radius 3 is 2.85 bits per heavy atom. The molecule has 0 spiro atoms. The lowest BCUT2D eigenvalue weighted by atomic mass is 10.2. The van der Waals surface area contributed by atoms with Gasteiger partial charge in [0.05, 0.1) is 18.6 Å². The second-order valence-electron chi connectivity index (χ2n) is 4.16. The van der Waals surface area contributed by atoms with E-state index in [9.17, 15) is 13.6 Å². The maximum atomic E-state index is 12.9. The first-order valence-electron chi connectivity index (χ1n) is 5.58. The van der Waals surface area contributed by atoms with Crippen LogP contribution in [-0.4, -0.2) is 39.9 Å². The van der Waals surface area contributed by atoms with Crippen molar-refractivity contribution in [2.45, 2.75) is 5.92 Å². The minimum atomic E-state index is -3.10. The number of amides is 1. The normalized spacial score (nSPS) is 11.2. The maximum absolute atomic E-state index is 12.9. The highest BCUT2D eigenvalue weighted by atomic mass is 35.5. The van der Waals surface area contributed by atoms with E-state index in [2.05, 4.69) is 15.6 Å². The zero-order valence-corrected chi connectivity index (χ0v) is 11.5. The summed E-state index contributed by atoms with van der Waals surface area (Å²) in [5.74, 6) is -3.70. The summed E-state index contributed by atoms with van der Waals surface area (Å²) in [5, 5.41) is 9.78. The Balaban J connectivity index is 0.00000200. The fourth-order valence-electron chi connectivity index (χ4n) is 1.57. The molecule has 1 aromatic carbocycles. The third kappa shape index (κ3) is 3.40. The lowest BCUT2D eigenvalue weighted by Gasteiger charge is -2.14. The van der Waals surface area contributed by atoms with E-state index in [4.69, 9.17) is 5.73 Å². The van der Waals surface area contributed by atoms with Crippen molar-refractivity contribution in [2.24, 2.45) is 12.8 Å². The first kappa shape index (κ1) is 16.3. The largest absolute Gasteiger partial charge is 0.346 e. The van der Waals surface area contributed by atoms with Crippen LogP contribution >= 0.6 is 12.4 Å². The zero-order chi connectivity index (χ0) is 14.0. The van der Waals surface area contributed by atoms with Gasteiger partial charge in [0.1, 0.15) is 5.52 Å². The van der Waals surface area contributed by atoms with Crippen molar-refractivity contribution >= 4 is 29.3 Å². The Kier molecular flexibility index (Phi) is 4.96. The van der Waals surface area contributed by atoms with Crippen LogP contribution in [0.25, 0.3) is 11.0 Å². The Labute approximate surface area is 119 Å². The Morgan fingerprint density at radius 1 is 1.50 bits per heavy atom. The second kappa shape index (κ2) is 6.10. The van der Waals surface area contributed by atoms with E-state index in [0.29, 0.717) is 5.52 Å². The number of nitrogens with two attached hydrogens (primary N) is 1. The molecule has 1 amide bonds. The SMILES string of the molecule is Cl.Cn1nnc2cc(C(=O)NCC(F)(F)CN)ccc21. The van der Waals surface area contributed by atoms with Gasteiger partial charge in [-0.1, -0.05) is 5.21 Å². The molecule has 0 unspecified atom stereocenters. The minimum absolute atomic E-state index is 0. The molecule has 0 saturated carbocycles. The van der Waals surface area contributed by atoms with E-state index in [0.717, 1.165) is 5.52 Å². The number of nitrogens with zero attached hydrogens (tertiary/aromatic N) is 3. The summed E-state index contributed by atoms with van der Waals surface area (Å²) in [4.78, 5) is 11.7. The average molecular weight is 306 g/mol. The number of hydrogen-bond donors (Lipinski definition) is 2. The molecule has 1 heterocycles. The van der Waals surface area contributed by atoms with Gasteiger partial charge in [-0.2, -0.15) is 0 Å². The number of rotatable bonds is 4. The smallest absolute Gasteiger partial charge is 0.277 e. The Morgan fingerprint density at radius 2 is 2.20 bits per heavy atom. The number of halogens is 3. The van der Waals surface area contributed by atoms with E-state index in [1.165, 1.54) is 12.1 Å². The van der Waals surface area contributed by atoms with Gasteiger partial charge in [-0.3, -0.25) is 4.79 Å². The lowest BCUT2D eigenvalue weighted by molar-refractivity contribution is 0.0118. The van der Waals surface area contributed by atoms with E-state index in [-0.39, 0.29) is 18.0 Å². The lowest BCUT2D eigenvalue weighted by Crippen LogP contribution is -2.41. The molecule has 6 nitrogen and oxygen atoms in total. The molecule has 9 heteroatoms. The predicted molar refractivity (Wildman–Crippen MR) is 72.1 cm³/mol. The van der Waals surface area contributed by atoms with Gasteiger partial charge in [0, 0.05) is 12.6 Å². The summed E-state index contributed by atoms with van der Waals surface area (Å²) < 4.78 is 27.4. The molecular formula is C11H14ClF2N5O. The fraction of sp³-hybridized carbons (Fsp3) is 0.364. The molecule has 2 rings (SSSR count). The molecule has 20 heavy (non-hydrogen) atoms. The third-order valence-corrected chi connectivity index (χ3v) is 2.68. The number of hydrogen-bond acceptors (Lipinski definition) is 4. The van der Waals surface area contributed by atoms with Gasteiger partial charge in [0.25, 0.3) is 11.8 Å². The van der Waals surface area contributed by atoms with Crippen molar-refractivity contribution < 1.29 is 13.6 Å². The topological polar surface area (TPSA) is 85.8 Å². The molecule has 0 atom stereocenters. The van der Waals surface area contributed by atoms with Crippen LogP contribution in [0.5, 0.6) is 0 Å². The fourth-order valence-corrected chi connectivity index (χ4v) is 1.57. The second-order valence-corrected chi connectivity index (χ2v) is 4.16. The minimum Gasteiger partial charge on any atom is -0.346 e. The summed E-state index contributed by atoms with van der Waals surface area (Å²) in [6.45, 7) is -1.60. The molecule has 0 bridgehead atoms. The number of aromatic nitrogens is 3. The molecule has 0 aliphatic carbocycles. The van der Waals surface area contributed by atoms with Crippen molar-refractivity contribution in [3.63, 3.8) is 0 Å². The third-order valence-electron chi connectivity index (χ3n) is 2.68. The van der Waals surface area contributed by atoms with Gasteiger partial charge in [-0.05, 0) is 18.2 Å². The van der Waals surface area contributed by atoms with Crippen molar-refractivity contribution in [1.29, 1.82) is 0 Å². The van der Waals surface area contributed by atoms with Crippen LogP contribution in [0.15, 0.2) is 18.2 Å². The van der Waals surface area contributed by atoms with Crippen molar-refractivity contribution in [1.82, 2.24) is 20.3 Å². The quantitative estimate of drug-likeness (QED) is 0.871. The monoisotopic (exact) mass is 305 g/mol. The van der Waals surface area contributed by atoms with Gasteiger partial charge in [0.2, 0.25) is 0 Å². The molecular weight excluding hydrogens is 292 g/mol. The number of alkyl halides is 2. The van der Waals surface area contributed by atoms with Crippen LogP contribution in [0.2, 0.25) is 0 Å². The number of benzene rings is 1. The summed E-state index contributed by atoms with van der Waals surface area (Å²) >= 11 is 0. The van der Waals surface area contributed by atoms with Crippen LogP contribution in [-0.2, 0) is 7.05 Å². The van der Waals surface area contributed by atoms with Crippen molar-refractivity contribution in [3.8, 4) is 0 Å². The van der Waals surface area contributed by atoms with Crippen LogP contribution in [0.4, 0.5) is 8.78 Å². The standard InChI is InChI=1S/C11H13F2N5O.ClH/c1-18-9-3-2-7(4-8(9)16-17-18)10(19)15-6-11(12,13)5-14;/h2-4H,5-6,14H2,1H3,(H,15,19);1H. The van der Waals surface area contributed by atoms with E-state index < -0.39 is 24.9 Å². The summed E-state index contributed by atoms with van der Waals surface area (Å²) in [6.07, 6.45) is 0. The first-order valence-corrected chi connectivity index (χ1v) is 5.58. The van der Waals surface area contributed by atoms with Crippen LogP contribution < -0.4 is 11.1 Å². The van der Waals surface area contributed by atoms with Gasteiger partial charge in [0.15, 0.2) is 0 Å². The molecule has 2 aromatic rings. The van der Waals surface area contributed by atoms with Gasteiger partial charge in [-0.25, -0.2) is 13.5 Å². The van der Waals surface area contributed by atoms with E-state index >= 15 is 0 Å². The van der Waals surface area contributed by atoms with Crippen LogP contribution in [0.3, 0.4) is 0 Å². The Bertz CT molecular complexity index is 616. The van der Waals surface area contributed by atoms with Gasteiger partial charge < -0.3 is 11.1 Å². The van der Waals surface area contributed by atoms with Crippen molar-refractivity contribution in [2.75, 3.05) is 13.1 Å².